The second-order valence-corrected chi connectivity index (χ2v) is 5.21. The molecule has 1 heterocycles. The maximum absolute atomic E-state index is 9.56. The average molecular weight is 259 g/mol. The van der Waals surface area contributed by atoms with E-state index in [0.717, 1.165) is 25.2 Å². The van der Waals surface area contributed by atoms with Crippen LogP contribution in [0.3, 0.4) is 0 Å². The first kappa shape index (κ1) is 13.9. The number of hydrogen-bond donors (Lipinski definition) is 1. The first-order valence-electron chi connectivity index (χ1n) is 6.74. The lowest BCUT2D eigenvalue weighted by molar-refractivity contribution is 0.127. The topological polar surface area (TPSA) is 50.5 Å². The van der Waals surface area contributed by atoms with Crippen LogP contribution in [0.1, 0.15) is 18.9 Å². The van der Waals surface area contributed by atoms with Gasteiger partial charge in [0.25, 0.3) is 0 Å². The third-order valence-electron chi connectivity index (χ3n) is 4.10. The van der Waals surface area contributed by atoms with Crippen LogP contribution in [0.4, 0.5) is 5.69 Å². The molecule has 2 unspecified atom stereocenters. The summed E-state index contributed by atoms with van der Waals surface area (Å²) in [7, 11) is 2.06. The van der Waals surface area contributed by atoms with Gasteiger partial charge in [-0.25, -0.2) is 0 Å². The molecule has 2 rings (SSSR count). The Kier molecular flexibility index (Phi) is 4.41. The van der Waals surface area contributed by atoms with E-state index in [1.807, 2.05) is 24.3 Å². The summed E-state index contributed by atoms with van der Waals surface area (Å²) in [5.41, 5.74) is 1.68. The summed E-state index contributed by atoms with van der Waals surface area (Å²) < 4.78 is 0. The van der Waals surface area contributed by atoms with E-state index in [1.54, 1.807) is 0 Å². The minimum atomic E-state index is 0.115. The molecule has 0 saturated carbocycles. The second kappa shape index (κ2) is 6.05. The highest BCUT2D eigenvalue weighted by molar-refractivity contribution is 5.59. The number of rotatable bonds is 2. The Hall–Kier alpha value is -1.57. The SMILES string of the molecule is CC1CCN(c2ccccc2C#N)CC(CO)N1C. The van der Waals surface area contributed by atoms with Gasteiger partial charge in [-0.1, -0.05) is 12.1 Å². The van der Waals surface area contributed by atoms with Crippen LogP contribution in [0.15, 0.2) is 24.3 Å². The Morgan fingerprint density at radius 3 is 2.84 bits per heavy atom. The molecule has 1 aromatic rings. The molecule has 0 aliphatic carbocycles. The third kappa shape index (κ3) is 2.89. The number of benzene rings is 1. The minimum absolute atomic E-state index is 0.115. The largest absolute Gasteiger partial charge is 0.395 e. The molecule has 1 aliphatic rings. The third-order valence-corrected chi connectivity index (χ3v) is 4.10. The molecule has 0 bridgehead atoms. The van der Waals surface area contributed by atoms with Gasteiger partial charge in [-0.3, -0.25) is 4.90 Å². The van der Waals surface area contributed by atoms with Gasteiger partial charge in [0.1, 0.15) is 6.07 Å². The van der Waals surface area contributed by atoms with Gasteiger partial charge in [-0.2, -0.15) is 5.26 Å². The molecule has 1 aliphatic heterocycles. The summed E-state index contributed by atoms with van der Waals surface area (Å²) in [4.78, 5) is 4.45. The quantitative estimate of drug-likeness (QED) is 0.873. The number of nitrogens with zero attached hydrogens (tertiary/aromatic N) is 3. The number of aliphatic hydroxyl groups excluding tert-OH is 1. The van der Waals surface area contributed by atoms with Gasteiger partial charge in [0.15, 0.2) is 0 Å². The Morgan fingerprint density at radius 2 is 2.16 bits per heavy atom. The van der Waals surface area contributed by atoms with Gasteiger partial charge in [0.05, 0.1) is 23.9 Å². The lowest BCUT2D eigenvalue weighted by Gasteiger charge is -2.31. The van der Waals surface area contributed by atoms with Crippen molar-refractivity contribution in [2.75, 3.05) is 31.6 Å². The Labute approximate surface area is 114 Å². The standard InChI is InChI=1S/C15H21N3O/c1-12-7-8-18(10-14(11-19)17(12)2)15-6-4-3-5-13(15)9-16/h3-6,12,14,19H,7-8,10-11H2,1-2H3. The maximum atomic E-state index is 9.56. The molecule has 4 heteroatoms. The predicted molar refractivity (Wildman–Crippen MR) is 76.1 cm³/mol. The van der Waals surface area contributed by atoms with Gasteiger partial charge in [0.2, 0.25) is 0 Å². The zero-order chi connectivity index (χ0) is 13.8. The molecule has 102 valence electrons. The fraction of sp³-hybridized carbons (Fsp3) is 0.533. The Bertz CT molecular complexity index is 469. The zero-order valence-electron chi connectivity index (χ0n) is 11.6. The molecule has 0 amide bonds. The molecule has 0 radical (unpaired) electrons. The second-order valence-electron chi connectivity index (χ2n) is 5.21. The van der Waals surface area contributed by atoms with E-state index in [1.165, 1.54) is 0 Å². The molecule has 1 fully saturated rings. The first-order chi connectivity index (χ1) is 9.17. The average Bonchev–Trinajstić information content (AvgIpc) is 2.59. The van der Waals surface area contributed by atoms with Crippen molar-refractivity contribution in [2.45, 2.75) is 25.4 Å². The molecule has 4 nitrogen and oxygen atoms in total. The predicted octanol–water partition coefficient (Wildman–Crippen LogP) is 1.45. The van der Waals surface area contributed by atoms with Crippen molar-refractivity contribution in [2.24, 2.45) is 0 Å². The molecular weight excluding hydrogens is 238 g/mol. The summed E-state index contributed by atoms with van der Waals surface area (Å²) in [6.45, 7) is 4.01. The van der Waals surface area contributed by atoms with E-state index >= 15 is 0 Å². The van der Waals surface area contributed by atoms with E-state index in [-0.39, 0.29) is 12.6 Å². The highest BCUT2D eigenvalue weighted by atomic mass is 16.3. The molecule has 2 atom stereocenters. The van der Waals surface area contributed by atoms with Crippen molar-refractivity contribution in [1.82, 2.24) is 4.90 Å². The van der Waals surface area contributed by atoms with Crippen molar-refractivity contribution in [3.8, 4) is 6.07 Å². The zero-order valence-corrected chi connectivity index (χ0v) is 11.6. The van der Waals surface area contributed by atoms with Crippen LogP contribution >= 0.6 is 0 Å². The maximum Gasteiger partial charge on any atom is 0.101 e. The minimum Gasteiger partial charge on any atom is -0.395 e. The van der Waals surface area contributed by atoms with Gasteiger partial charge in [-0.05, 0) is 32.5 Å². The van der Waals surface area contributed by atoms with Crippen LogP contribution in [-0.4, -0.2) is 48.8 Å². The van der Waals surface area contributed by atoms with E-state index in [4.69, 9.17) is 0 Å². The van der Waals surface area contributed by atoms with Gasteiger partial charge >= 0.3 is 0 Å². The number of nitriles is 1. The highest BCUT2D eigenvalue weighted by Gasteiger charge is 2.27. The van der Waals surface area contributed by atoms with E-state index in [0.29, 0.717) is 11.6 Å². The monoisotopic (exact) mass is 259 g/mol. The Morgan fingerprint density at radius 1 is 1.42 bits per heavy atom. The summed E-state index contributed by atoms with van der Waals surface area (Å²) in [5, 5.41) is 18.8. The summed E-state index contributed by atoms with van der Waals surface area (Å²) in [6.07, 6.45) is 1.03. The van der Waals surface area contributed by atoms with Gasteiger partial charge < -0.3 is 10.0 Å². The van der Waals surface area contributed by atoms with E-state index in [2.05, 4.69) is 29.8 Å². The highest BCUT2D eigenvalue weighted by Crippen LogP contribution is 2.24. The molecule has 1 saturated heterocycles. The van der Waals surface area contributed by atoms with Gasteiger partial charge in [-0.15, -0.1) is 0 Å². The van der Waals surface area contributed by atoms with Crippen LogP contribution in [0.5, 0.6) is 0 Å². The van der Waals surface area contributed by atoms with Crippen LogP contribution < -0.4 is 4.90 Å². The number of para-hydroxylation sites is 1. The molecule has 19 heavy (non-hydrogen) atoms. The fourth-order valence-corrected chi connectivity index (χ4v) is 2.63. The molecule has 0 aromatic heterocycles. The number of hydrogen-bond acceptors (Lipinski definition) is 4. The van der Waals surface area contributed by atoms with Gasteiger partial charge in [0, 0.05) is 19.1 Å². The summed E-state index contributed by atoms with van der Waals surface area (Å²) >= 11 is 0. The molecular formula is C15H21N3O. The van der Waals surface area contributed by atoms with Crippen molar-refractivity contribution < 1.29 is 5.11 Å². The van der Waals surface area contributed by atoms with Crippen LogP contribution in [0.25, 0.3) is 0 Å². The van der Waals surface area contributed by atoms with E-state index < -0.39 is 0 Å². The molecule has 1 aromatic carbocycles. The lowest BCUT2D eigenvalue weighted by atomic mass is 10.1. The van der Waals surface area contributed by atoms with Crippen LogP contribution in [0, 0.1) is 11.3 Å². The summed E-state index contributed by atoms with van der Waals surface area (Å²) in [5.74, 6) is 0. The first-order valence-corrected chi connectivity index (χ1v) is 6.74. The molecule has 0 spiro atoms. The summed E-state index contributed by atoms with van der Waals surface area (Å²) in [6, 6.07) is 10.5. The van der Waals surface area contributed by atoms with Crippen molar-refractivity contribution >= 4 is 5.69 Å². The lowest BCUT2D eigenvalue weighted by Crippen LogP contribution is -2.44. The number of likely N-dealkylation sites (N-methyl/N-ethyl adjacent to an activating group) is 1. The van der Waals surface area contributed by atoms with Crippen molar-refractivity contribution in [1.29, 1.82) is 5.26 Å². The Balaban J connectivity index is 2.27. The van der Waals surface area contributed by atoms with Crippen molar-refractivity contribution in [3.63, 3.8) is 0 Å². The van der Waals surface area contributed by atoms with E-state index in [9.17, 15) is 10.4 Å². The smallest absolute Gasteiger partial charge is 0.101 e. The molecule has 1 N–H and O–H groups in total. The normalized spacial score (nSPS) is 24.8. The number of aliphatic hydroxyl groups is 1. The number of anilines is 1. The fourth-order valence-electron chi connectivity index (χ4n) is 2.63. The van der Waals surface area contributed by atoms with Crippen molar-refractivity contribution in [3.05, 3.63) is 29.8 Å². The van der Waals surface area contributed by atoms with Crippen LogP contribution in [-0.2, 0) is 0 Å². The van der Waals surface area contributed by atoms with Crippen LogP contribution in [0.2, 0.25) is 0 Å².